The number of methoxy groups -OCH3 is 1. The molecule has 0 saturated heterocycles. The van der Waals surface area contributed by atoms with Gasteiger partial charge in [-0.25, -0.2) is 0 Å². The molecule has 2 aromatic rings. The van der Waals surface area contributed by atoms with Gasteiger partial charge in [0.1, 0.15) is 5.71 Å². The van der Waals surface area contributed by atoms with Gasteiger partial charge in [-0.1, -0.05) is 30.3 Å². The lowest BCUT2D eigenvalue weighted by Crippen LogP contribution is -2.22. The number of aliphatic imine (C=N–C) groups is 1. The van der Waals surface area contributed by atoms with E-state index in [1.165, 1.54) is 0 Å². The van der Waals surface area contributed by atoms with E-state index in [4.69, 9.17) is 9.47 Å². The summed E-state index contributed by atoms with van der Waals surface area (Å²) in [6, 6.07) is 13.1. The minimum absolute atomic E-state index is 0.0576. The van der Waals surface area contributed by atoms with Crippen molar-refractivity contribution in [1.29, 1.82) is 0 Å². The average molecular weight is 309 g/mol. The van der Waals surface area contributed by atoms with Crippen LogP contribution < -0.4 is 9.47 Å². The van der Waals surface area contributed by atoms with Gasteiger partial charge in [-0.05, 0) is 31.0 Å². The Morgan fingerprint density at radius 2 is 1.96 bits per heavy atom. The first kappa shape index (κ1) is 15.3. The second-order valence-corrected chi connectivity index (χ2v) is 5.27. The number of rotatable bonds is 5. The Morgan fingerprint density at radius 3 is 2.65 bits per heavy atom. The van der Waals surface area contributed by atoms with Crippen molar-refractivity contribution < 1.29 is 14.3 Å². The molecule has 0 aromatic heterocycles. The summed E-state index contributed by atoms with van der Waals surface area (Å²) >= 11 is 0. The third kappa shape index (κ3) is 2.97. The second-order valence-electron chi connectivity index (χ2n) is 5.27. The molecule has 0 aliphatic carbocycles. The summed E-state index contributed by atoms with van der Waals surface area (Å²) < 4.78 is 11.0. The highest BCUT2D eigenvalue weighted by atomic mass is 16.5. The molecule has 0 spiro atoms. The topological polar surface area (TPSA) is 47.9 Å². The molecule has 1 aliphatic rings. The van der Waals surface area contributed by atoms with Crippen LogP contribution in [0.4, 0.5) is 0 Å². The molecule has 0 radical (unpaired) electrons. The van der Waals surface area contributed by atoms with Crippen molar-refractivity contribution in [2.24, 2.45) is 4.99 Å². The average Bonchev–Trinajstić information content (AvgIpc) is 2.61. The first-order valence-corrected chi connectivity index (χ1v) is 7.73. The third-order valence-corrected chi connectivity index (χ3v) is 3.85. The maximum atomic E-state index is 12.8. The highest BCUT2D eigenvalue weighted by Crippen LogP contribution is 2.33. The van der Waals surface area contributed by atoms with E-state index in [2.05, 4.69) is 4.99 Å². The number of hydrogen-bond donors (Lipinski definition) is 0. The summed E-state index contributed by atoms with van der Waals surface area (Å²) in [4.78, 5) is 17.2. The smallest absolute Gasteiger partial charge is 0.211 e. The van der Waals surface area contributed by atoms with Gasteiger partial charge in [0, 0.05) is 17.7 Å². The van der Waals surface area contributed by atoms with Gasteiger partial charge >= 0.3 is 0 Å². The number of fused-ring (bicyclic) bond motifs is 1. The SMILES string of the molecule is CCOc1cc2c(cc1OC)C(C(=O)c1ccccc1)=NCC2. The van der Waals surface area contributed by atoms with E-state index in [-0.39, 0.29) is 5.78 Å². The molecule has 0 fully saturated rings. The Kier molecular flexibility index (Phi) is 4.42. The van der Waals surface area contributed by atoms with Crippen LogP contribution in [-0.4, -0.2) is 31.8 Å². The first-order valence-electron chi connectivity index (χ1n) is 7.73. The Labute approximate surface area is 135 Å². The molecule has 1 aliphatic heterocycles. The number of ketones is 1. The van der Waals surface area contributed by atoms with Crippen molar-refractivity contribution in [3.05, 3.63) is 59.2 Å². The number of ether oxygens (including phenoxy) is 2. The van der Waals surface area contributed by atoms with Crippen LogP contribution in [0.5, 0.6) is 11.5 Å². The fourth-order valence-corrected chi connectivity index (χ4v) is 2.75. The van der Waals surface area contributed by atoms with E-state index in [0.717, 1.165) is 17.5 Å². The fraction of sp³-hybridized carbons (Fsp3) is 0.263. The van der Waals surface area contributed by atoms with E-state index in [1.54, 1.807) is 7.11 Å². The van der Waals surface area contributed by atoms with Crippen molar-refractivity contribution in [2.75, 3.05) is 20.3 Å². The van der Waals surface area contributed by atoms with E-state index in [9.17, 15) is 4.79 Å². The molecule has 0 unspecified atom stereocenters. The van der Waals surface area contributed by atoms with Gasteiger partial charge in [-0.2, -0.15) is 0 Å². The molecule has 0 N–H and O–H groups in total. The Balaban J connectivity index is 2.04. The van der Waals surface area contributed by atoms with Crippen LogP contribution in [0.15, 0.2) is 47.5 Å². The first-order chi connectivity index (χ1) is 11.2. The Morgan fingerprint density at radius 1 is 1.17 bits per heavy atom. The molecule has 23 heavy (non-hydrogen) atoms. The molecule has 0 saturated carbocycles. The van der Waals surface area contributed by atoms with Gasteiger partial charge in [0.2, 0.25) is 5.78 Å². The minimum Gasteiger partial charge on any atom is -0.493 e. The van der Waals surface area contributed by atoms with Gasteiger partial charge in [-0.3, -0.25) is 9.79 Å². The number of benzene rings is 2. The number of carbonyl (C=O) groups is 1. The number of nitrogens with zero attached hydrogens (tertiary/aromatic N) is 1. The van der Waals surface area contributed by atoms with E-state index in [1.807, 2.05) is 49.4 Å². The van der Waals surface area contributed by atoms with Crippen LogP contribution in [0.25, 0.3) is 0 Å². The lowest BCUT2D eigenvalue weighted by molar-refractivity contribution is 0.106. The second kappa shape index (κ2) is 6.65. The van der Waals surface area contributed by atoms with E-state index < -0.39 is 0 Å². The maximum Gasteiger partial charge on any atom is 0.211 e. The van der Waals surface area contributed by atoms with Crippen molar-refractivity contribution in [3.8, 4) is 11.5 Å². The summed E-state index contributed by atoms with van der Waals surface area (Å²) in [5, 5.41) is 0. The zero-order valence-corrected chi connectivity index (χ0v) is 13.3. The van der Waals surface area contributed by atoms with Crippen LogP contribution in [0.3, 0.4) is 0 Å². The standard InChI is InChI=1S/C19H19NO3/c1-3-23-17-11-14-9-10-20-18(15(14)12-16(17)22-2)19(21)13-7-5-4-6-8-13/h4-8,11-12H,3,9-10H2,1-2H3. The number of carbonyl (C=O) groups excluding carboxylic acids is 1. The summed E-state index contributed by atoms with van der Waals surface area (Å²) in [6.45, 7) is 3.11. The lowest BCUT2D eigenvalue weighted by Gasteiger charge is -2.19. The molecule has 3 rings (SSSR count). The van der Waals surface area contributed by atoms with Crippen LogP contribution in [0, 0.1) is 0 Å². The molecular weight excluding hydrogens is 290 g/mol. The third-order valence-electron chi connectivity index (χ3n) is 3.85. The van der Waals surface area contributed by atoms with Crippen molar-refractivity contribution >= 4 is 11.5 Å². The van der Waals surface area contributed by atoms with Gasteiger partial charge in [-0.15, -0.1) is 0 Å². The summed E-state index contributed by atoms with van der Waals surface area (Å²) in [7, 11) is 1.60. The highest BCUT2D eigenvalue weighted by Gasteiger charge is 2.24. The number of Topliss-reactive ketones (excluding diaryl/α,β-unsaturated/α-hetero) is 1. The number of hydrogen-bond acceptors (Lipinski definition) is 4. The van der Waals surface area contributed by atoms with Crippen LogP contribution >= 0.6 is 0 Å². The van der Waals surface area contributed by atoms with Crippen molar-refractivity contribution in [3.63, 3.8) is 0 Å². The largest absolute Gasteiger partial charge is 0.493 e. The molecule has 0 bridgehead atoms. The van der Waals surface area contributed by atoms with E-state index >= 15 is 0 Å². The van der Waals surface area contributed by atoms with Gasteiger partial charge in [0.25, 0.3) is 0 Å². The lowest BCUT2D eigenvalue weighted by atomic mass is 9.92. The molecule has 2 aromatic carbocycles. The molecule has 0 amide bonds. The molecule has 1 heterocycles. The minimum atomic E-state index is -0.0576. The van der Waals surface area contributed by atoms with Crippen LogP contribution in [-0.2, 0) is 6.42 Å². The zero-order chi connectivity index (χ0) is 16.2. The predicted octanol–water partition coefficient (Wildman–Crippen LogP) is 3.32. The van der Waals surface area contributed by atoms with Crippen molar-refractivity contribution in [1.82, 2.24) is 0 Å². The van der Waals surface area contributed by atoms with Gasteiger partial charge < -0.3 is 9.47 Å². The fourth-order valence-electron chi connectivity index (χ4n) is 2.75. The molecule has 4 nitrogen and oxygen atoms in total. The Bertz CT molecular complexity index is 751. The normalized spacial score (nSPS) is 13.0. The summed E-state index contributed by atoms with van der Waals surface area (Å²) in [5.41, 5.74) is 3.06. The monoisotopic (exact) mass is 309 g/mol. The van der Waals surface area contributed by atoms with Crippen LogP contribution in [0.2, 0.25) is 0 Å². The summed E-state index contributed by atoms with van der Waals surface area (Å²) in [6.07, 6.45) is 0.797. The molecule has 0 atom stereocenters. The van der Waals surface area contributed by atoms with Crippen molar-refractivity contribution in [2.45, 2.75) is 13.3 Å². The van der Waals surface area contributed by atoms with E-state index in [0.29, 0.717) is 35.9 Å². The molecule has 118 valence electrons. The molecular formula is C19H19NO3. The maximum absolute atomic E-state index is 12.8. The quantitative estimate of drug-likeness (QED) is 0.796. The van der Waals surface area contributed by atoms with Gasteiger partial charge in [0.15, 0.2) is 11.5 Å². The highest BCUT2D eigenvalue weighted by molar-refractivity contribution is 6.51. The predicted molar refractivity (Wildman–Crippen MR) is 90.0 cm³/mol. The molecule has 4 heteroatoms. The zero-order valence-electron chi connectivity index (χ0n) is 13.3. The van der Waals surface area contributed by atoms with Gasteiger partial charge in [0.05, 0.1) is 13.7 Å². The summed E-state index contributed by atoms with van der Waals surface area (Å²) in [5.74, 6) is 1.28. The Hall–Kier alpha value is -2.62. The van der Waals surface area contributed by atoms with Crippen LogP contribution in [0.1, 0.15) is 28.4 Å².